The quantitative estimate of drug-likeness (QED) is 0.0633. The van der Waals surface area contributed by atoms with Crippen molar-refractivity contribution < 1.29 is 25.2 Å². The Balaban J connectivity index is 5.96. The van der Waals surface area contributed by atoms with Gasteiger partial charge in [0.1, 0.15) is 0 Å². The molecule has 228 valence electrons. The van der Waals surface area contributed by atoms with E-state index >= 15 is 0 Å². The van der Waals surface area contributed by atoms with Crippen LogP contribution in [0.3, 0.4) is 0 Å². The van der Waals surface area contributed by atoms with Gasteiger partial charge in [0.05, 0.1) is 0 Å². The Hall–Kier alpha value is -0.481. The van der Waals surface area contributed by atoms with Gasteiger partial charge in [-0.25, -0.2) is 0 Å². The van der Waals surface area contributed by atoms with Crippen molar-refractivity contribution >= 4 is 65.7 Å². The van der Waals surface area contributed by atoms with Crippen LogP contribution in [-0.4, -0.2) is 55.5 Å². The molecule has 0 N–H and O–H groups in total. The fraction of sp³-hybridized carbons (Fsp3) is 0.867. The standard InChI is InChI=1S/2C11H22OS.2C4H7O2.Sn/c2*1-4-6-7-10(5-2)8-9(3)11(12)13;2*1-3-4(5)6-2;/h2*9-10H,4-8H2,1-3H3,(H,12,13);2*1,3H2,2H3;/q;;;;+2/p-2. The van der Waals surface area contributed by atoms with Crippen molar-refractivity contribution in [2.24, 2.45) is 23.7 Å². The second kappa shape index (κ2) is 22.2. The van der Waals surface area contributed by atoms with Gasteiger partial charge in [-0.15, -0.1) is 0 Å². The van der Waals surface area contributed by atoms with Gasteiger partial charge in [-0.1, -0.05) is 0 Å². The Labute approximate surface area is 255 Å². The van der Waals surface area contributed by atoms with E-state index in [0.717, 1.165) is 25.7 Å². The number of carbonyl (C=O) groups excluding carboxylic acids is 2. The van der Waals surface area contributed by atoms with Crippen molar-refractivity contribution in [3.63, 3.8) is 0 Å². The number of unbranched alkanes of at least 4 members (excludes halogenated alkanes) is 2. The predicted molar refractivity (Wildman–Crippen MR) is 170 cm³/mol. The number of ether oxygens (including phenoxy) is 2. The Morgan fingerprint density at radius 3 is 1.33 bits per heavy atom. The molecule has 39 heavy (non-hydrogen) atoms. The van der Waals surface area contributed by atoms with Gasteiger partial charge >= 0.3 is 256 Å². The van der Waals surface area contributed by atoms with Gasteiger partial charge in [-0.05, 0) is 0 Å². The normalized spacial score (nSPS) is 14.6. The molecular formula is C30H56O6S2Sn. The van der Waals surface area contributed by atoms with E-state index in [-0.39, 0.29) is 36.6 Å². The van der Waals surface area contributed by atoms with E-state index in [1.54, 1.807) is 0 Å². The fourth-order valence-electron chi connectivity index (χ4n) is 4.86. The molecule has 0 spiro atoms. The first-order chi connectivity index (χ1) is 18.5. The summed E-state index contributed by atoms with van der Waals surface area (Å²) in [7, 11) is 2.75. The second-order valence-corrected chi connectivity index (χ2v) is 21.0. The topological polar surface area (TPSA) is 71.1 Å². The minimum atomic E-state index is -4.24. The van der Waals surface area contributed by atoms with Crippen LogP contribution >= 0.6 is 24.4 Å². The molecule has 0 aromatic heterocycles. The summed E-state index contributed by atoms with van der Waals surface area (Å²) in [6.07, 6.45) is 11.5. The molecule has 0 aromatic rings. The van der Waals surface area contributed by atoms with E-state index in [4.69, 9.17) is 40.1 Å². The zero-order chi connectivity index (χ0) is 29.8. The molecule has 0 saturated heterocycles. The Morgan fingerprint density at radius 2 is 1.05 bits per heavy atom. The molecule has 0 aliphatic carbocycles. The number of thiocarbonyl (C=S) groups is 2. The van der Waals surface area contributed by atoms with E-state index in [2.05, 4.69) is 41.5 Å². The van der Waals surface area contributed by atoms with Gasteiger partial charge < -0.3 is 0 Å². The van der Waals surface area contributed by atoms with Crippen LogP contribution in [0.4, 0.5) is 0 Å². The third-order valence-corrected chi connectivity index (χ3v) is 18.7. The molecule has 0 aliphatic heterocycles. The number of rotatable bonds is 22. The van der Waals surface area contributed by atoms with E-state index in [9.17, 15) is 9.59 Å². The molecule has 0 aromatic carbocycles. The van der Waals surface area contributed by atoms with Crippen molar-refractivity contribution in [1.29, 1.82) is 0 Å². The molecule has 4 atom stereocenters. The first-order valence-corrected chi connectivity index (χ1v) is 22.3. The van der Waals surface area contributed by atoms with Crippen LogP contribution in [0.2, 0.25) is 8.87 Å². The van der Waals surface area contributed by atoms with Crippen LogP contribution in [0.1, 0.15) is 119 Å². The molecule has 9 heteroatoms. The predicted octanol–water partition coefficient (Wildman–Crippen LogP) is 8.73. The Morgan fingerprint density at radius 1 is 0.692 bits per heavy atom. The molecule has 6 nitrogen and oxygen atoms in total. The summed E-state index contributed by atoms with van der Waals surface area (Å²) < 4.78 is 24.0. The molecule has 0 rings (SSSR count). The molecule has 0 aliphatic rings. The second-order valence-electron chi connectivity index (χ2n) is 11.0. The molecule has 4 unspecified atom stereocenters. The molecule has 0 bridgehead atoms. The van der Waals surface area contributed by atoms with Crippen molar-refractivity contribution in [3.8, 4) is 0 Å². The van der Waals surface area contributed by atoms with Gasteiger partial charge in [-0.2, -0.15) is 0 Å². The number of methoxy groups -OCH3 is 2. The third-order valence-electron chi connectivity index (χ3n) is 7.71. The first-order valence-electron chi connectivity index (χ1n) is 15.1. The number of hydrogen-bond acceptors (Lipinski definition) is 8. The van der Waals surface area contributed by atoms with Crippen LogP contribution in [-0.2, 0) is 25.2 Å². The van der Waals surface area contributed by atoms with Gasteiger partial charge in [0, 0.05) is 0 Å². The molecule has 0 heterocycles. The van der Waals surface area contributed by atoms with Crippen LogP contribution < -0.4 is 0 Å². The van der Waals surface area contributed by atoms with E-state index in [1.807, 2.05) is 0 Å². The summed E-state index contributed by atoms with van der Waals surface area (Å²) in [4.78, 5) is 24.4. The summed E-state index contributed by atoms with van der Waals surface area (Å²) in [5, 5.41) is 1.03. The number of hydrogen-bond donors (Lipinski definition) is 0. The minimum absolute atomic E-state index is 0.0576. The molecule has 0 amide bonds. The zero-order valence-electron chi connectivity index (χ0n) is 26.0. The fourth-order valence-corrected chi connectivity index (χ4v) is 15.7. The maximum atomic E-state index is 12.2. The van der Waals surface area contributed by atoms with Crippen LogP contribution in [0.5, 0.6) is 0 Å². The maximum absolute atomic E-state index is 12.2. The Kier molecular flexibility index (Phi) is 21.9. The van der Waals surface area contributed by atoms with E-state index in [0.29, 0.717) is 30.8 Å². The zero-order valence-corrected chi connectivity index (χ0v) is 30.5. The summed E-state index contributed by atoms with van der Waals surface area (Å²) in [6, 6.07) is 0. The van der Waals surface area contributed by atoms with Gasteiger partial charge in [0.2, 0.25) is 0 Å². The average molecular weight is 696 g/mol. The number of carbonyl (C=O) groups is 2. The van der Waals surface area contributed by atoms with Gasteiger partial charge in [0.15, 0.2) is 0 Å². The Bertz CT molecular complexity index is 672. The van der Waals surface area contributed by atoms with E-state index in [1.165, 1.54) is 52.7 Å². The monoisotopic (exact) mass is 696 g/mol. The summed E-state index contributed by atoms with van der Waals surface area (Å²) in [5.74, 6) is 0.593. The number of esters is 2. The van der Waals surface area contributed by atoms with Crippen LogP contribution in [0.15, 0.2) is 0 Å². The van der Waals surface area contributed by atoms with Crippen LogP contribution in [0, 0.1) is 23.7 Å². The third kappa shape index (κ3) is 16.5. The van der Waals surface area contributed by atoms with Crippen molar-refractivity contribution in [2.45, 2.75) is 127 Å². The molecule has 0 radical (unpaired) electrons. The average Bonchev–Trinajstić information content (AvgIpc) is 2.94. The van der Waals surface area contributed by atoms with Crippen molar-refractivity contribution in [3.05, 3.63) is 0 Å². The van der Waals surface area contributed by atoms with Gasteiger partial charge in [0.25, 0.3) is 0 Å². The molecule has 0 fully saturated rings. The summed E-state index contributed by atoms with van der Waals surface area (Å²) in [5.41, 5.74) is 0. The van der Waals surface area contributed by atoms with Crippen molar-refractivity contribution in [1.82, 2.24) is 0 Å². The van der Waals surface area contributed by atoms with Gasteiger partial charge in [-0.3, -0.25) is 0 Å². The SMILES string of the molecule is CCCCC(CC)CC(C)C(=S)[O][Sn]([CH2]CC(=O)OC)([CH2]CC(=O)OC)[O]C(=S)C(C)CC(CC)CCCC. The summed E-state index contributed by atoms with van der Waals surface area (Å²) in [6.45, 7) is 13.1. The summed E-state index contributed by atoms with van der Waals surface area (Å²) >= 11 is 7.46. The van der Waals surface area contributed by atoms with E-state index < -0.39 is 19.2 Å². The first kappa shape index (κ1) is 38.5. The molecular weight excluding hydrogens is 639 g/mol. The van der Waals surface area contributed by atoms with Crippen molar-refractivity contribution in [2.75, 3.05) is 14.2 Å². The van der Waals surface area contributed by atoms with Crippen LogP contribution in [0.25, 0.3) is 0 Å². The molecule has 0 saturated carbocycles.